The van der Waals surface area contributed by atoms with E-state index in [4.69, 9.17) is 5.73 Å². The summed E-state index contributed by atoms with van der Waals surface area (Å²) in [6.07, 6.45) is 1.96. The Bertz CT molecular complexity index is 472. The second kappa shape index (κ2) is 5.01. The molecule has 4 nitrogen and oxygen atoms in total. The quantitative estimate of drug-likeness (QED) is 0.812. The van der Waals surface area contributed by atoms with Crippen LogP contribution < -0.4 is 5.73 Å². The molecule has 0 amide bonds. The van der Waals surface area contributed by atoms with Crippen molar-refractivity contribution in [2.24, 2.45) is 7.05 Å². The van der Waals surface area contributed by atoms with Crippen LogP contribution in [0.15, 0.2) is 36.5 Å². The topological polar surface area (TPSA) is 47.1 Å². The van der Waals surface area contributed by atoms with Crippen molar-refractivity contribution >= 4 is 5.69 Å². The molecule has 0 atom stereocenters. The first kappa shape index (κ1) is 11.7. The maximum absolute atomic E-state index is 5.66. The van der Waals surface area contributed by atoms with Crippen LogP contribution in [0.25, 0.3) is 0 Å². The molecule has 2 N–H and O–H groups in total. The number of nitrogen functional groups attached to an aromatic ring is 1. The van der Waals surface area contributed by atoms with Crippen LogP contribution in [0.1, 0.15) is 11.3 Å². The number of anilines is 1. The molecule has 0 aliphatic rings. The van der Waals surface area contributed by atoms with E-state index in [-0.39, 0.29) is 0 Å². The lowest BCUT2D eigenvalue weighted by Crippen LogP contribution is -2.17. The maximum atomic E-state index is 5.66. The molecule has 17 heavy (non-hydrogen) atoms. The molecular formula is C13H18N4. The Morgan fingerprint density at radius 2 is 1.88 bits per heavy atom. The van der Waals surface area contributed by atoms with E-state index in [0.29, 0.717) is 0 Å². The number of nitrogens with zero attached hydrogens (tertiary/aromatic N) is 3. The smallest absolute Gasteiger partial charge is 0.0764 e. The van der Waals surface area contributed by atoms with E-state index in [1.54, 1.807) is 0 Å². The number of hydrogen-bond donors (Lipinski definition) is 1. The molecule has 2 aromatic rings. The van der Waals surface area contributed by atoms with Crippen LogP contribution in [0.5, 0.6) is 0 Å². The minimum atomic E-state index is 0.807. The molecule has 0 aliphatic heterocycles. The Labute approximate surface area is 102 Å². The normalized spacial score (nSPS) is 11.0. The highest BCUT2D eigenvalue weighted by Crippen LogP contribution is 2.09. The van der Waals surface area contributed by atoms with E-state index in [2.05, 4.69) is 29.2 Å². The number of rotatable bonds is 4. The number of benzene rings is 1. The lowest BCUT2D eigenvalue weighted by Gasteiger charge is -2.15. The lowest BCUT2D eigenvalue weighted by atomic mass is 10.2. The Hall–Kier alpha value is -1.81. The first-order valence-electron chi connectivity index (χ1n) is 5.65. The second-order valence-electron chi connectivity index (χ2n) is 4.39. The van der Waals surface area contributed by atoms with Gasteiger partial charge < -0.3 is 5.73 Å². The average molecular weight is 230 g/mol. The molecule has 1 aromatic carbocycles. The van der Waals surface area contributed by atoms with Crippen LogP contribution in [-0.4, -0.2) is 21.7 Å². The van der Waals surface area contributed by atoms with Crippen LogP contribution in [0, 0.1) is 0 Å². The third-order valence-corrected chi connectivity index (χ3v) is 2.63. The van der Waals surface area contributed by atoms with E-state index in [1.807, 2.05) is 36.1 Å². The minimum absolute atomic E-state index is 0.807. The number of nitrogens with two attached hydrogens (primary N) is 1. The number of aromatic nitrogens is 2. The Balaban J connectivity index is 1.93. The summed E-state index contributed by atoms with van der Waals surface area (Å²) in [6.45, 7) is 1.75. The van der Waals surface area contributed by atoms with Gasteiger partial charge in [-0.25, -0.2) is 0 Å². The van der Waals surface area contributed by atoms with Gasteiger partial charge in [-0.15, -0.1) is 0 Å². The predicted octanol–water partition coefficient (Wildman–Crippen LogP) is 1.63. The van der Waals surface area contributed by atoms with Crippen LogP contribution >= 0.6 is 0 Å². The second-order valence-corrected chi connectivity index (χ2v) is 4.39. The Kier molecular flexibility index (Phi) is 3.44. The summed E-state index contributed by atoms with van der Waals surface area (Å²) in [5.74, 6) is 0. The van der Waals surface area contributed by atoms with E-state index in [9.17, 15) is 0 Å². The van der Waals surface area contributed by atoms with Crippen LogP contribution in [0.3, 0.4) is 0 Å². The lowest BCUT2D eigenvalue weighted by molar-refractivity contribution is 0.314. The van der Waals surface area contributed by atoms with Crippen molar-refractivity contribution < 1.29 is 0 Å². The number of hydrogen-bond acceptors (Lipinski definition) is 3. The van der Waals surface area contributed by atoms with Gasteiger partial charge >= 0.3 is 0 Å². The summed E-state index contributed by atoms with van der Waals surface area (Å²) in [5.41, 5.74) is 8.81. The Morgan fingerprint density at radius 1 is 1.18 bits per heavy atom. The molecule has 0 saturated carbocycles. The van der Waals surface area contributed by atoms with Crippen molar-refractivity contribution in [2.45, 2.75) is 13.1 Å². The molecule has 1 aromatic heterocycles. The highest BCUT2D eigenvalue weighted by Gasteiger charge is 2.03. The third-order valence-electron chi connectivity index (χ3n) is 2.63. The molecule has 0 aliphatic carbocycles. The van der Waals surface area contributed by atoms with Gasteiger partial charge in [0.05, 0.1) is 5.69 Å². The first-order chi connectivity index (χ1) is 8.13. The summed E-state index contributed by atoms with van der Waals surface area (Å²) >= 11 is 0. The molecule has 1 heterocycles. The summed E-state index contributed by atoms with van der Waals surface area (Å²) < 4.78 is 1.83. The van der Waals surface area contributed by atoms with E-state index in [1.165, 1.54) is 5.56 Å². The van der Waals surface area contributed by atoms with Crippen molar-refractivity contribution in [3.63, 3.8) is 0 Å². The van der Waals surface area contributed by atoms with Gasteiger partial charge in [0.1, 0.15) is 0 Å². The maximum Gasteiger partial charge on any atom is 0.0764 e. The largest absolute Gasteiger partial charge is 0.399 e. The first-order valence-corrected chi connectivity index (χ1v) is 5.65. The van der Waals surface area contributed by atoms with Crippen molar-refractivity contribution in [3.8, 4) is 0 Å². The summed E-state index contributed by atoms with van der Waals surface area (Å²) in [5, 5.41) is 4.36. The van der Waals surface area contributed by atoms with E-state index >= 15 is 0 Å². The van der Waals surface area contributed by atoms with Crippen molar-refractivity contribution in [1.29, 1.82) is 0 Å². The fourth-order valence-corrected chi connectivity index (χ4v) is 1.81. The van der Waals surface area contributed by atoms with E-state index in [0.717, 1.165) is 24.5 Å². The van der Waals surface area contributed by atoms with Crippen LogP contribution in [0.2, 0.25) is 0 Å². The van der Waals surface area contributed by atoms with Gasteiger partial charge in [-0.05, 0) is 30.8 Å². The molecule has 0 radical (unpaired) electrons. The van der Waals surface area contributed by atoms with Crippen molar-refractivity contribution in [1.82, 2.24) is 14.7 Å². The standard InChI is InChI=1S/C13H18N4/c1-16(10-13-7-8-17(2)15-13)9-11-3-5-12(14)6-4-11/h3-8H,9-10,14H2,1-2H3. The fraction of sp³-hybridized carbons (Fsp3) is 0.308. The zero-order valence-electron chi connectivity index (χ0n) is 10.3. The summed E-state index contributed by atoms with van der Waals surface area (Å²) in [6, 6.07) is 10.0. The molecule has 2 rings (SSSR count). The minimum Gasteiger partial charge on any atom is -0.399 e. The molecule has 90 valence electrons. The highest BCUT2D eigenvalue weighted by atomic mass is 15.3. The molecule has 0 unspecified atom stereocenters. The zero-order chi connectivity index (χ0) is 12.3. The molecule has 0 saturated heterocycles. The van der Waals surface area contributed by atoms with Gasteiger partial charge in [0.25, 0.3) is 0 Å². The monoisotopic (exact) mass is 230 g/mol. The molecule has 0 spiro atoms. The SMILES string of the molecule is CN(Cc1ccc(N)cc1)Cc1ccn(C)n1. The predicted molar refractivity (Wildman–Crippen MR) is 69.2 cm³/mol. The van der Waals surface area contributed by atoms with Gasteiger partial charge in [0.2, 0.25) is 0 Å². The van der Waals surface area contributed by atoms with Crippen molar-refractivity contribution in [3.05, 3.63) is 47.8 Å². The number of aryl methyl sites for hydroxylation is 1. The third kappa shape index (κ3) is 3.32. The zero-order valence-corrected chi connectivity index (χ0v) is 10.3. The van der Waals surface area contributed by atoms with Gasteiger partial charge in [-0.1, -0.05) is 12.1 Å². The Morgan fingerprint density at radius 3 is 2.47 bits per heavy atom. The fourth-order valence-electron chi connectivity index (χ4n) is 1.81. The van der Waals surface area contributed by atoms with Gasteiger partial charge in [-0.3, -0.25) is 9.58 Å². The van der Waals surface area contributed by atoms with Crippen LogP contribution in [-0.2, 0) is 20.1 Å². The van der Waals surface area contributed by atoms with E-state index < -0.39 is 0 Å². The molecule has 4 heteroatoms. The van der Waals surface area contributed by atoms with Crippen molar-refractivity contribution in [2.75, 3.05) is 12.8 Å². The summed E-state index contributed by atoms with van der Waals surface area (Å²) in [7, 11) is 4.02. The van der Waals surface area contributed by atoms with Crippen LogP contribution in [0.4, 0.5) is 5.69 Å². The van der Waals surface area contributed by atoms with Gasteiger partial charge in [0.15, 0.2) is 0 Å². The molecule has 0 bridgehead atoms. The highest BCUT2D eigenvalue weighted by molar-refractivity contribution is 5.39. The van der Waals surface area contributed by atoms with Gasteiger partial charge in [-0.2, -0.15) is 5.10 Å². The molecular weight excluding hydrogens is 212 g/mol. The average Bonchev–Trinajstić information content (AvgIpc) is 2.67. The van der Waals surface area contributed by atoms with Gasteiger partial charge in [0, 0.05) is 32.0 Å². The molecule has 0 fully saturated rings. The summed E-state index contributed by atoms with van der Waals surface area (Å²) in [4.78, 5) is 2.23.